The number of halogens is 1. The van der Waals surface area contributed by atoms with Gasteiger partial charge in [-0.3, -0.25) is 4.79 Å². The summed E-state index contributed by atoms with van der Waals surface area (Å²) in [5.41, 5.74) is 3.36. The van der Waals surface area contributed by atoms with Gasteiger partial charge in [-0.25, -0.2) is 14.4 Å². The van der Waals surface area contributed by atoms with E-state index in [2.05, 4.69) is 4.90 Å². The number of benzene rings is 2. The molecule has 2 aliphatic rings. The Morgan fingerprint density at radius 2 is 1.91 bits per heavy atom. The van der Waals surface area contributed by atoms with Gasteiger partial charge in [-0.15, -0.1) is 0 Å². The Hall–Kier alpha value is -3.52. The van der Waals surface area contributed by atoms with Crippen LogP contribution in [0, 0.1) is 5.82 Å². The standard InChI is InChI=1S/C26H27FN4O3/c1-33-21-7-3-5-19(16-21)26(32)31-9-8-23-22(17-31)25(30-10-12-34-13-11-30)29-24(28-23)15-18-4-2-6-20(27)14-18/h2-7,14,16H,8-13,15,17H2,1H3. The molecule has 0 atom stereocenters. The van der Waals surface area contributed by atoms with Crippen LogP contribution >= 0.6 is 0 Å². The molecule has 0 radical (unpaired) electrons. The number of aromatic nitrogens is 2. The van der Waals surface area contributed by atoms with Crippen molar-refractivity contribution in [2.45, 2.75) is 19.4 Å². The first-order chi connectivity index (χ1) is 16.6. The van der Waals surface area contributed by atoms with E-state index in [-0.39, 0.29) is 11.7 Å². The number of morpholine rings is 1. The molecule has 1 amide bonds. The van der Waals surface area contributed by atoms with Crippen molar-refractivity contribution in [3.05, 3.63) is 82.6 Å². The highest BCUT2D eigenvalue weighted by atomic mass is 19.1. The largest absolute Gasteiger partial charge is 0.497 e. The lowest BCUT2D eigenvalue weighted by Crippen LogP contribution is -2.41. The van der Waals surface area contributed by atoms with E-state index >= 15 is 0 Å². The molecule has 34 heavy (non-hydrogen) atoms. The van der Waals surface area contributed by atoms with E-state index in [0.29, 0.717) is 56.3 Å². The SMILES string of the molecule is COc1cccc(C(=O)N2CCc3nc(Cc4cccc(F)c4)nc(N4CCOCC4)c3C2)c1. The predicted octanol–water partition coefficient (Wildman–Crippen LogP) is 3.25. The Bertz CT molecular complexity index is 1200. The fourth-order valence-electron chi connectivity index (χ4n) is 4.50. The van der Waals surface area contributed by atoms with Crippen LogP contribution in [0.4, 0.5) is 10.2 Å². The predicted molar refractivity (Wildman–Crippen MR) is 126 cm³/mol. The second-order valence-corrected chi connectivity index (χ2v) is 8.50. The minimum absolute atomic E-state index is 0.0404. The van der Waals surface area contributed by atoms with Gasteiger partial charge in [0.15, 0.2) is 0 Å². The highest BCUT2D eigenvalue weighted by molar-refractivity contribution is 5.94. The third-order valence-corrected chi connectivity index (χ3v) is 6.25. The minimum Gasteiger partial charge on any atom is -0.497 e. The molecule has 2 aliphatic heterocycles. The van der Waals surface area contributed by atoms with E-state index < -0.39 is 0 Å². The maximum atomic E-state index is 13.7. The number of amides is 1. The molecular formula is C26H27FN4O3. The molecule has 1 aromatic heterocycles. The molecule has 0 aliphatic carbocycles. The van der Waals surface area contributed by atoms with Crippen molar-refractivity contribution in [2.24, 2.45) is 0 Å². The van der Waals surface area contributed by atoms with Crippen molar-refractivity contribution in [2.75, 3.05) is 44.9 Å². The number of carbonyl (C=O) groups is 1. The third kappa shape index (κ3) is 4.72. The van der Waals surface area contributed by atoms with Gasteiger partial charge in [-0.05, 0) is 35.9 Å². The van der Waals surface area contributed by atoms with Crippen LogP contribution < -0.4 is 9.64 Å². The maximum Gasteiger partial charge on any atom is 0.254 e. The smallest absolute Gasteiger partial charge is 0.254 e. The Kier molecular flexibility index (Phi) is 6.40. The minimum atomic E-state index is -0.268. The van der Waals surface area contributed by atoms with Crippen molar-refractivity contribution in [1.82, 2.24) is 14.9 Å². The van der Waals surface area contributed by atoms with Crippen LogP contribution in [0.25, 0.3) is 0 Å². The number of rotatable bonds is 5. The lowest BCUT2D eigenvalue weighted by molar-refractivity contribution is 0.0732. The van der Waals surface area contributed by atoms with Gasteiger partial charge < -0.3 is 19.3 Å². The number of anilines is 1. The number of fused-ring (bicyclic) bond motifs is 1. The third-order valence-electron chi connectivity index (χ3n) is 6.25. The summed E-state index contributed by atoms with van der Waals surface area (Å²) >= 11 is 0. The summed E-state index contributed by atoms with van der Waals surface area (Å²) in [6, 6.07) is 13.8. The molecule has 1 saturated heterocycles. The van der Waals surface area contributed by atoms with Crippen LogP contribution in [0.5, 0.6) is 5.75 Å². The van der Waals surface area contributed by atoms with Crippen LogP contribution in [0.15, 0.2) is 48.5 Å². The Morgan fingerprint density at radius 3 is 2.71 bits per heavy atom. The molecule has 8 heteroatoms. The molecule has 0 bridgehead atoms. The van der Waals surface area contributed by atoms with Gasteiger partial charge >= 0.3 is 0 Å². The van der Waals surface area contributed by atoms with Crippen molar-refractivity contribution in [1.29, 1.82) is 0 Å². The number of carbonyl (C=O) groups excluding carboxylic acids is 1. The van der Waals surface area contributed by atoms with Crippen LogP contribution in [-0.4, -0.2) is 60.7 Å². The van der Waals surface area contributed by atoms with Gasteiger partial charge in [0.2, 0.25) is 0 Å². The van der Waals surface area contributed by atoms with Crippen molar-refractivity contribution in [3.63, 3.8) is 0 Å². The van der Waals surface area contributed by atoms with Crippen molar-refractivity contribution in [3.8, 4) is 5.75 Å². The quantitative estimate of drug-likeness (QED) is 0.580. The molecule has 7 nitrogen and oxygen atoms in total. The Morgan fingerprint density at radius 1 is 1.09 bits per heavy atom. The first-order valence-electron chi connectivity index (χ1n) is 11.5. The summed E-state index contributed by atoms with van der Waals surface area (Å²) < 4.78 is 24.5. The Balaban J connectivity index is 1.46. The molecule has 3 aromatic rings. The van der Waals surface area contributed by atoms with E-state index in [9.17, 15) is 9.18 Å². The number of methoxy groups -OCH3 is 1. The zero-order valence-corrected chi connectivity index (χ0v) is 19.2. The number of hydrogen-bond acceptors (Lipinski definition) is 6. The molecular weight excluding hydrogens is 435 g/mol. The number of hydrogen-bond donors (Lipinski definition) is 0. The van der Waals surface area contributed by atoms with Gasteiger partial charge in [0.1, 0.15) is 23.2 Å². The number of ether oxygens (including phenoxy) is 2. The lowest BCUT2D eigenvalue weighted by Gasteiger charge is -2.34. The topological polar surface area (TPSA) is 67.8 Å². The molecule has 0 unspecified atom stereocenters. The second-order valence-electron chi connectivity index (χ2n) is 8.50. The first kappa shape index (κ1) is 22.3. The fraction of sp³-hybridized carbons (Fsp3) is 0.346. The zero-order chi connectivity index (χ0) is 23.5. The normalized spacial score (nSPS) is 15.7. The molecule has 1 fully saturated rings. The van der Waals surface area contributed by atoms with Gasteiger partial charge in [-0.2, -0.15) is 0 Å². The van der Waals surface area contributed by atoms with E-state index in [1.54, 1.807) is 19.2 Å². The summed E-state index contributed by atoms with van der Waals surface area (Å²) in [6.07, 6.45) is 1.09. The average Bonchev–Trinajstić information content (AvgIpc) is 2.88. The van der Waals surface area contributed by atoms with E-state index in [0.717, 1.165) is 35.7 Å². The molecule has 0 N–H and O–H groups in total. The van der Waals surface area contributed by atoms with Crippen molar-refractivity contribution >= 4 is 11.7 Å². The molecule has 3 heterocycles. The molecule has 5 rings (SSSR count). The average molecular weight is 463 g/mol. The monoisotopic (exact) mass is 462 g/mol. The first-order valence-corrected chi connectivity index (χ1v) is 11.5. The van der Waals surface area contributed by atoms with E-state index in [4.69, 9.17) is 19.4 Å². The highest BCUT2D eigenvalue weighted by Crippen LogP contribution is 2.29. The van der Waals surface area contributed by atoms with Crippen LogP contribution in [0.3, 0.4) is 0 Å². The summed E-state index contributed by atoms with van der Waals surface area (Å²) in [4.78, 5) is 27.1. The van der Waals surface area contributed by atoms with Gasteiger partial charge in [-0.1, -0.05) is 18.2 Å². The molecule has 0 spiro atoms. The highest BCUT2D eigenvalue weighted by Gasteiger charge is 2.29. The van der Waals surface area contributed by atoms with E-state index in [1.807, 2.05) is 29.2 Å². The van der Waals surface area contributed by atoms with Crippen LogP contribution in [0.1, 0.15) is 33.0 Å². The Labute approximate surface area is 198 Å². The van der Waals surface area contributed by atoms with Crippen molar-refractivity contribution < 1.29 is 18.7 Å². The van der Waals surface area contributed by atoms with Gasteiger partial charge in [0.25, 0.3) is 5.91 Å². The number of nitrogens with zero attached hydrogens (tertiary/aromatic N) is 4. The maximum absolute atomic E-state index is 13.7. The lowest BCUT2D eigenvalue weighted by atomic mass is 10.0. The second kappa shape index (κ2) is 9.77. The zero-order valence-electron chi connectivity index (χ0n) is 19.2. The molecule has 0 saturated carbocycles. The fourth-order valence-corrected chi connectivity index (χ4v) is 4.50. The van der Waals surface area contributed by atoms with Gasteiger partial charge in [0.05, 0.1) is 32.6 Å². The molecule has 2 aromatic carbocycles. The summed E-state index contributed by atoms with van der Waals surface area (Å²) in [6.45, 7) is 3.73. The summed E-state index contributed by atoms with van der Waals surface area (Å²) in [7, 11) is 1.59. The summed E-state index contributed by atoms with van der Waals surface area (Å²) in [5.74, 6) is 1.86. The van der Waals surface area contributed by atoms with Gasteiger partial charge in [0, 0.05) is 43.6 Å². The van der Waals surface area contributed by atoms with E-state index in [1.165, 1.54) is 12.1 Å². The summed E-state index contributed by atoms with van der Waals surface area (Å²) in [5, 5.41) is 0. The molecule has 176 valence electrons. The van der Waals surface area contributed by atoms with Crippen LogP contribution in [0.2, 0.25) is 0 Å². The van der Waals surface area contributed by atoms with Crippen LogP contribution in [-0.2, 0) is 24.1 Å².